The summed E-state index contributed by atoms with van der Waals surface area (Å²) in [6.45, 7) is 6.37. The number of nitrogens with zero attached hydrogens (tertiary/aromatic N) is 5. The fourth-order valence-electron chi connectivity index (χ4n) is 3.42. The van der Waals surface area contributed by atoms with E-state index in [4.69, 9.17) is 0 Å². The Morgan fingerprint density at radius 2 is 2.08 bits per heavy atom. The van der Waals surface area contributed by atoms with E-state index in [1.807, 2.05) is 33.6 Å². The van der Waals surface area contributed by atoms with Crippen LogP contribution in [0.1, 0.15) is 49.0 Å². The number of aromatic nitrogens is 4. The molecule has 0 aliphatic carbocycles. The van der Waals surface area contributed by atoms with Crippen LogP contribution < -0.4 is 0 Å². The van der Waals surface area contributed by atoms with E-state index in [-0.39, 0.29) is 11.8 Å². The highest BCUT2D eigenvalue weighted by Gasteiger charge is 2.30. The second-order valence-electron chi connectivity index (χ2n) is 7.32. The Hall–Kier alpha value is -2.15. The minimum atomic E-state index is -0.578. The molecule has 0 aromatic carbocycles. The fourth-order valence-corrected chi connectivity index (χ4v) is 3.42. The van der Waals surface area contributed by atoms with Crippen LogP contribution in [0.25, 0.3) is 0 Å². The first-order valence-corrected chi connectivity index (χ1v) is 8.92. The largest absolute Gasteiger partial charge is 0.385 e. The van der Waals surface area contributed by atoms with Gasteiger partial charge in [0.2, 0.25) is 0 Å². The predicted molar refractivity (Wildman–Crippen MR) is 93.9 cm³/mol. The molecule has 0 spiro atoms. The van der Waals surface area contributed by atoms with Crippen LogP contribution in [0.5, 0.6) is 0 Å². The quantitative estimate of drug-likeness (QED) is 0.897. The molecule has 0 bridgehead atoms. The third kappa shape index (κ3) is 3.92. The first-order valence-electron chi connectivity index (χ1n) is 8.92. The van der Waals surface area contributed by atoms with Gasteiger partial charge in [-0.05, 0) is 24.7 Å². The van der Waals surface area contributed by atoms with Crippen molar-refractivity contribution in [2.75, 3.05) is 13.1 Å². The molecule has 1 aliphatic rings. The maximum Gasteiger partial charge on any atom is 0.257 e. The lowest BCUT2D eigenvalue weighted by Crippen LogP contribution is -2.40. The number of aryl methyl sites for hydroxylation is 1. The number of likely N-dealkylation sites (tertiary alicyclic amines) is 1. The molecule has 1 fully saturated rings. The van der Waals surface area contributed by atoms with E-state index >= 15 is 0 Å². The molecule has 3 heterocycles. The van der Waals surface area contributed by atoms with Gasteiger partial charge in [-0.15, -0.1) is 0 Å². The van der Waals surface area contributed by atoms with Gasteiger partial charge >= 0.3 is 0 Å². The van der Waals surface area contributed by atoms with Crippen molar-refractivity contribution >= 4 is 5.91 Å². The number of aliphatic hydroxyl groups is 1. The van der Waals surface area contributed by atoms with E-state index in [2.05, 4.69) is 23.9 Å². The van der Waals surface area contributed by atoms with Crippen molar-refractivity contribution < 1.29 is 9.90 Å². The van der Waals surface area contributed by atoms with Gasteiger partial charge in [0.15, 0.2) is 0 Å². The molecule has 25 heavy (non-hydrogen) atoms. The molecule has 1 amide bonds. The van der Waals surface area contributed by atoms with E-state index in [0.29, 0.717) is 30.4 Å². The SMILES string of the molecule is CC(C)Cn1cc(C(=O)N2CCC([C@@H](O)c3nccn3C)CC2)cn1. The van der Waals surface area contributed by atoms with Crippen LogP contribution in [0.15, 0.2) is 24.8 Å². The molecule has 7 nitrogen and oxygen atoms in total. The van der Waals surface area contributed by atoms with Gasteiger partial charge in [0.1, 0.15) is 11.9 Å². The number of amides is 1. The van der Waals surface area contributed by atoms with E-state index in [9.17, 15) is 9.90 Å². The number of carbonyl (C=O) groups excluding carboxylic acids is 1. The number of rotatable bonds is 5. The van der Waals surface area contributed by atoms with Crippen molar-refractivity contribution in [2.24, 2.45) is 18.9 Å². The van der Waals surface area contributed by atoms with Crippen LogP contribution in [0.3, 0.4) is 0 Å². The summed E-state index contributed by atoms with van der Waals surface area (Å²) in [5, 5.41) is 14.8. The van der Waals surface area contributed by atoms with Gasteiger partial charge in [0.25, 0.3) is 5.91 Å². The second-order valence-corrected chi connectivity index (χ2v) is 7.32. The van der Waals surface area contributed by atoms with Gasteiger partial charge in [-0.1, -0.05) is 13.8 Å². The zero-order valence-electron chi connectivity index (χ0n) is 15.2. The van der Waals surface area contributed by atoms with E-state index in [1.54, 1.807) is 12.4 Å². The third-order valence-corrected chi connectivity index (χ3v) is 4.83. The topological polar surface area (TPSA) is 76.2 Å². The van der Waals surface area contributed by atoms with Gasteiger partial charge in [-0.25, -0.2) is 4.98 Å². The average molecular weight is 345 g/mol. The summed E-state index contributed by atoms with van der Waals surface area (Å²) in [6.07, 6.45) is 8.00. The maximum atomic E-state index is 12.7. The molecule has 0 saturated carbocycles. The van der Waals surface area contributed by atoms with Gasteiger partial charge < -0.3 is 14.6 Å². The van der Waals surface area contributed by atoms with Crippen LogP contribution in [0.2, 0.25) is 0 Å². The normalized spacial score (nSPS) is 17.2. The minimum absolute atomic E-state index is 0.0277. The lowest BCUT2D eigenvalue weighted by Gasteiger charge is -2.33. The van der Waals surface area contributed by atoms with Crippen molar-refractivity contribution in [1.82, 2.24) is 24.2 Å². The Kier molecular flexibility index (Phi) is 5.22. The molecule has 2 aromatic heterocycles. The van der Waals surface area contributed by atoms with E-state index < -0.39 is 6.10 Å². The highest BCUT2D eigenvalue weighted by atomic mass is 16.3. The third-order valence-electron chi connectivity index (χ3n) is 4.83. The minimum Gasteiger partial charge on any atom is -0.385 e. The smallest absolute Gasteiger partial charge is 0.257 e. The summed E-state index contributed by atoms with van der Waals surface area (Å²) in [5.74, 6) is 1.35. The zero-order chi connectivity index (χ0) is 18.0. The molecule has 1 saturated heterocycles. The van der Waals surface area contributed by atoms with Gasteiger partial charge in [0.05, 0.1) is 11.8 Å². The Morgan fingerprint density at radius 3 is 2.68 bits per heavy atom. The van der Waals surface area contributed by atoms with Crippen LogP contribution in [0.4, 0.5) is 0 Å². The molecular weight excluding hydrogens is 318 g/mol. The Labute approximate surface area is 148 Å². The van der Waals surface area contributed by atoms with Crippen LogP contribution >= 0.6 is 0 Å². The molecule has 1 aliphatic heterocycles. The molecule has 7 heteroatoms. The number of imidazole rings is 1. The Bertz CT molecular complexity index is 713. The number of hydrogen-bond acceptors (Lipinski definition) is 4. The number of aliphatic hydroxyl groups excluding tert-OH is 1. The monoisotopic (exact) mass is 345 g/mol. The molecule has 1 N–H and O–H groups in total. The first-order chi connectivity index (χ1) is 12.0. The first kappa shape index (κ1) is 17.7. The standard InChI is InChI=1S/C18H27N5O2/c1-13(2)11-23-12-15(10-20-23)18(25)22-7-4-14(5-8-22)16(24)17-19-6-9-21(17)3/h6,9-10,12-14,16,24H,4-5,7-8,11H2,1-3H3/t16-/m1/s1. The molecule has 2 aromatic rings. The second kappa shape index (κ2) is 7.39. The predicted octanol–water partition coefficient (Wildman–Crippen LogP) is 1.86. The average Bonchev–Trinajstić information content (AvgIpc) is 3.22. The van der Waals surface area contributed by atoms with Gasteiger partial charge in [-0.2, -0.15) is 5.10 Å². The lowest BCUT2D eigenvalue weighted by atomic mass is 9.90. The molecule has 136 valence electrons. The summed E-state index contributed by atoms with van der Waals surface area (Å²) in [6, 6.07) is 0. The van der Waals surface area contributed by atoms with Crippen molar-refractivity contribution in [3.05, 3.63) is 36.2 Å². The molecular formula is C18H27N5O2. The summed E-state index contributed by atoms with van der Waals surface area (Å²) < 4.78 is 3.68. The fraction of sp³-hybridized carbons (Fsp3) is 0.611. The number of carbonyl (C=O) groups is 1. The highest BCUT2D eigenvalue weighted by molar-refractivity contribution is 5.93. The highest BCUT2D eigenvalue weighted by Crippen LogP contribution is 2.30. The van der Waals surface area contributed by atoms with Gasteiger partial charge in [-0.3, -0.25) is 9.48 Å². The van der Waals surface area contributed by atoms with E-state index in [0.717, 1.165) is 19.4 Å². The summed E-state index contributed by atoms with van der Waals surface area (Å²) in [7, 11) is 1.89. The van der Waals surface area contributed by atoms with Crippen molar-refractivity contribution in [2.45, 2.75) is 39.3 Å². The molecule has 0 unspecified atom stereocenters. The zero-order valence-corrected chi connectivity index (χ0v) is 15.2. The van der Waals surface area contributed by atoms with Crippen molar-refractivity contribution in [3.63, 3.8) is 0 Å². The Morgan fingerprint density at radius 1 is 1.36 bits per heavy atom. The van der Waals surface area contributed by atoms with Crippen molar-refractivity contribution in [3.8, 4) is 0 Å². The summed E-state index contributed by atoms with van der Waals surface area (Å²) >= 11 is 0. The van der Waals surface area contributed by atoms with Crippen LogP contribution in [0, 0.1) is 11.8 Å². The molecule has 1 atom stereocenters. The lowest BCUT2D eigenvalue weighted by molar-refractivity contribution is 0.0420. The number of piperidine rings is 1. The number of hydrogen-bond donors (Lipinski definition) is 1. The Balaban J connectivity index is 1.57. The maximum absolute atomic E-state index is 12.7. The molecule has 0 radical (unpaired) electrons. The van der Waals surface area contributed by atoms with Crippen molar-refractivity contribution in [1.29, 1.82) is 0 Å². The summed E-state index contributed by atoms with van der Waals surface area (Å²) in [4.78, 5) is 18.8. The van der Waals surface area contributed by atoms with Crippen LogP contribution in [-0.2, 0) is 13.6 Å². The summed E-state index contributed by atoms with van der Waals surface area (Å²) in [5.41, 5.74) is 0.642. The van der Waals surface area contributed by atoms with Gasteiger partial charge in [0, 0.05) is 45.3 Å². The molecule has 3 rings (SSSR count). The van der Waals surface area contributed by atoms with Crippen LogP contribution in [-0.4, -0.2) is 48.3 Å². The van der Waals surface area contributed by atoms with E-state index in [1.165, 1.54) is 0 Å².